The summed E-state index contributed by atoms with van der Waals surface area (Å²) < 4.78 is 47.5. The number of nitrogens with one attached hydrogen (secondary N) is 1. The number of hydrogen-bond acceptors (Lipinski definition) is 4. The largest absolute Gasteiger partial charge is 0.497 e. The molecule has 3 aromatic rings. The van der Waals surface area contributed by atoms with E-state index in [1.807, 2.05) is 24.3 Å². The molecule has 2 heterocycles. The number of halogens is 4. The summed E-state index contributed by atoms with van der Waals surface area (Å²) in [6, 6.07) is 7.52. The Hall–Kier alpha value is -2.82. The van der Waals surface area contributed by atoms with E-state index in [-0.39, 0.29) is 16.9 Å². The highest BCUT2D eigenvalue weighted by molar-refractivity contribution is 9.10. The van der Waals surface area contributed by atoms with Crippen LogP contribution in [0.4, 0.5) is 18.9 Å². The highest BCUT2D eigenvalue weighted by Crippen LogP contribution is 2.46. The number of carbonyl (C=O) groups excluding carboxylic acids is 1. The Kier molecular flexibility index (Phi) is 5.78. The van der Waals surface area contributed by atoms with Crippen molar-refractivity contribution in [2.75, 3.05) is 12.4 Å². The van der Waals surface area contributed by atoms with Crippen molar-refractivity contribution in [2.45, 2.75) is 38.0 Å². The molecular weight excluding hydrogens is 479 g/mol. The maximum Gasteiger partial charge on any atom is 0.436 e. The molecule has 164 valence electrons. The van der Waals surface area contributed by atoms with Gasteiger partial charge in [0.1, 0.15) is 12.3 Å². The van der Waals surface area contributed by atoms with E-state index in [1.54, 1.807) is 18.0 Å². The molecule has 2 aromatic heterocycles. The third-order valence-corrected chi connectivity index (χ3v) is 5.64. The second kappa shape index (κ2) is 8.37. The molecular formula is C20H19BrF3N5O2. The van der Waals surface area contributed by atoms with Crippen LogP contribution in [0.2, 0.25) is 0 Å². The Bertz CT molecular complexity index is 1100. The van der Waals surface area contributed by atoms with Gasteiger partial charge in [-0.25, -0.2) is 0 Å². The fourth-order valence-electron chi connectivity index (χ4n) is 3.31. The van der Waals surface area contributed by atoms with Gasteiger partial charge in [0.05, 0.1) is 35.7 Å². The number of carbonyl (C=O) groups is 1. The van der Waals surface area contributed by atoms with Crippen molar-refractivity contribution < 1.29 is 22.7 Å². The minimum absolute atomic E-state index is 0.0172. The predicted molar refractivity (Wildman–Crippen MR) is 110 cm³/mol. The number of amides is 1. The van der Waals surface area contributed by atoms with Crippen LogP contribution in [0, 0.1) is 0 Å². The minimum Gasteiger partial charge on any atom is -0.497 e. The number of hydrogen-bond donors (Lipinski definition) is 1. The summed E-state index contributed by atoms with van der Waals surface area (Å²) in [5.41, 5.74) is 0.822. The van der Waals surface area contributed by atoms with Crippen molar-refractivity contribution in [1.29, 1.82) is 0 Å². The van der Waals surface area contributed by atoms with Gasteiger partial charge in [-0.05, 0) is 46.5 Å². The number of nitrogens with zero attached hydrogens (tertiary/aromatic N) is 4. The third-order valence-electron chi connectivity index (χ3n) is 4.85. The molecule has 11 heteroatoms. The van der Waals surface area contributed by atoms with Gasteiger partial charge in [-0.3, -0.25) is 14.2 Å². The molecule has 1 aromatic carbocycles. The van der Waals surface area contributed by atoms with E-state index in [4.69, 9.17) is 4.74 Å². The Labute approximate surface area is 184 Å². The average Bonchev–Trinajstić information content (AvgIpc) is 3.36. The van der Waals surface area contributed by atoms with Crippen molar-refractivity contribution in [2.24, 2.45) is 0 Å². The van der Waals surface area contributed by atoms with Gasteiger partial charge in [-0.15, -0.1) is 0 Å². The molecule has 0 saturated heterocycles. The predicted octanol–water partition coefficient (Wildman–Crippen LogP) is 4.43. The number of anilines is 1. The van der Waals surface area contributed by atoms with Crippen molar-refractivity contribution >= 4 is 27.5 Å². The summed E-state index contributed by atoms with van der Waals surface area (Å²) >= 11 is 3.02. The van der Waals surface area contributed by atoms with E-state index in [9.17, 15) is 18.0 Å². The highest BCUT2D eigenvalue weighted by atomic mass is 79.9. The normalized spacial score (nSPS) is 14.0. The van der Waals surface area contributed by atoms with Crippen LogP contribution in [-0.2, 0) is 24.1 Å². The third kappa shape index (κ3) is 4.92. The number of aromatic nitrogens is 4. The monoisotopic (exact) mass is 497 g/mol. The van der Waals surface area contributed by atoms with Gasteiger partial charge < -0.3 is 10.1 Å². The second-order valence-corrected chi connectivity index (χ2v) is 8.10. The van der Waals surface area contributed by atoms with E-state index in [0.717, 1.165) is 28.8 Å². The van der Waals surface area contributed by atoms with Gasteiger partial charge in [-0.1, -0.05) is 12.1 Å². The van der Waals surface area contributed by atoms with Crippen LogP contribution in [0.25, 0.3) is 0 Å². The first-order valence-corrected chi connectivity index (χ1v) is 10.3. The molecule has 0 spiro atoms. The molecule has 1 aliphatic carbocycles. The first-order valence-electron chi connectivity index (χ1n) is 9.53. The molecule has 1 fully saturated rings. The Balaban J connectivity index is 1.44. The van der Waals surface area contributed by atoms with Gasteiger partial charge in [0, 0.05) is 12.1 Å². The van der Waals surface area contributed by atoms with Gasteiger partial charge in [0.2, 0.25) is 5.91 Å². The van der Waals surface area contributed by atoms with Crippen LogP contribution >= 0.6 is 15.9 Å². The molecule has 4 rings (SSSR count). The SMILES string of the molecule is COc1cccc(Cn2cc(NC(=O)Cn3nc(C(F)(F)F)c(Br)c3C3CC3)cn2)c1. The minimum atomic E-state index is -4.59. The lowest BCUT2D eigenvalue weighted by molar-refractivity contribution is -0.142. The lowest BCUT2D eigenvalue weighted by Gasteiger charge is -2.07. The lowest BCUT2D eigenvalue weighted by Crippen LogP contribution is -2.21. The molecule has 0 unspecified atom stereocenters. The van der Waals surface area contributed by atoms with E-state index in [0.29, 0.717) is 17.9 Å². The molecule has 1 N–H and O–H groups in total. The fourth-order valence-corrected chi connectivity index (χ4v) is 4.14. The standard InChI is InChI=1S/C20H19BrF3N5O2/c1-31-15-4-2-3-12(7-15)9-28-10-14(8-25-28)26-16(30)11-29-18(13-5-6-13)17(21)19(27-29)20(22,23)24/h2-4,7-8,10,13H,5-6,9,11H2,1H3,(H,26,30). The second-order valence-electron chi connectivity index (χ2n) is 7.30. The zero-order valence-corrected chi connectivity index (χ0v) is 18.1. The quantitative estimate of drug-likeness (QED) is 0.523. The molecule has 0 bridgehead atoms. The van der Waals surface area contributed by atoms with Gasteiger partial charge >= 0.3 is 6.18 Å². The molecule has 1 saturated carbocycles. The van der Waals surface area contributed by atoms with Crippen molar-refractivity contribution in [1.82, 2.24) is 19.6 Å². The van der Waals surface area contributed by atoms with E-state index in [1.165, 1.54) is 6.20 Å². The summed E-state index contributed by atoms with van der Waals surface area (Å²) in [6.45, 7) is 0.154. The molecule has 31 heavy (non-hydrogen) atoms. The van der Waals surface area contributed by atoms with Crippen LogP contribution < -0.4 is 10.1 Å². The maximum absolute atomic E-state index is 13.2. The smallest absolute Gasteiger partial charge is 0.436 e. The summed E-state index contributed by atoms with van der Waals surface area (Å²) in [5, 5.41) is 10.5. The van der Waals surface area contributed by atoms with Crippen LogP contribution in [-0.4, -0.2) is 32.6 Å². The Morgan fingerprint density at radius 2 is 2.13 bits per heavy atom. The van der Waals surface area contributed by atoms with Crippen LogP contribution in [0.5, 0.6) is 5.75 Å². The van der Waals surface area contributed by atoms with Crippen molar-refractivity contribution in [3.8, 4) is 5.75 Å². The summed E-state index contributed by atoms with van der Waals surface area (Å²) in [6.07, 6.45) is 0.102. The first kappa shape index (κ1) is 21.4. The van der Waals surface area contributed by atoms with Crippen LogP contribution in [0.1, 0.15) is 35.7 Å². The number of methoxy groups -OCH3 is 1. The lowest BCUT2D eigenvalue weighted by atomic mass is 10.2. The number of benzene rings is 1. The van der Waals surface area contributed by atoms with Crippen molar-refractivity contribution in [3.63, 3.8) is 0 Å². The zero-order chi connectivity index (χ0) is 22.2. The molecule has 0 radical (unpaired) electrons. The van der Waals surface area contributed by atoms with Crippen molar-refractivity contribution in [3.05, 3.63) is 58.1 Å². The number of alkyl halides is 3. The average molecular weight is 498 g/mol. The maximum atomic E-state index is 13.2. The Morgan fingerprint density at radius 3 is 2.81 bits per heavy atom. The summed E-state index contributed by atoms with van der Waals surface area (Å²) in [4.78, 5) is 12.5. The molecule has 0 atom stereocenters. The first-order chi connectivity index (χ1) is 14.7. The van der Waals surface area contributed by atoms with Crippen LogP contribution in [0.15, 0.2) is 41.1 Å². The molecule has 7 nitrogen and oxygen atoms in total. The molecule has 0 aliphatic heterocycles. The van der Waals surface area contributed by atoms with Gasteiger partial charge in [0.25, 0.3) is 0 Å². The topological polar surface area (TPSA) is 74.0 Å². The summed E-state index contributed by atoms with van der Waals surface area (Å²) in [5.74, 6) is 0.233. The van der Waals surface area contributed by atoms with Gasteiger partial charge in [0.15, 0.2) is 5.69 Å². The highest BCUT2D eigenvalue weighted by Gasteiger charge is 2.41. The number of rotatable bonds is 7. The molecule has 1 aliphatic rings. The zero-order valence-electron chi connectivity index (χ0n) is 16.5. The van der Waals surface area contributed by atoms with Gasteiger partial charge in [-0.2, -0.15) is 23.4 Å². The number of ether oxygens (including phenoxy) is 1. The van der Waals surface area contributed by atoms with E-state index in [2.05, 4.69) is 31.4 Å². The molecule has 1 amide bonds. The van der Waals surface area contributed by atoms with E-state index >= 15 is 0 Å². The Morgan fingerprint density at radius 1 is 1.35 bits per heavy atom. The fraction of sp³-hybridized carbons (Fsp3) is 0.350. The summed E-state index contributed by atoms with van der Waals surface area (Å²) in [7, 11) is 1.59. The van der Waals surface area contributed by atoms with Crippen LogP contribution in [0.3, 0.4) is 0 Å². The van der Waals surface area contributed by atoms with E-state index < -0.39 is 17.8 Å².